The molecule has 0 bridgehead atoms. The lowest BCUT2D eigenvalue weighted by atomic mass is 9.92. The number of para-hydroxylation sites is 2. The summed E-state index contributed by atoms with van der Waals surface area (Å²) in [5.74, 6) is 1.74. The van der Waals surface area contributed by atoms with Crippen molar-refractivity contribution in [2.75, 3.05) is 28.3 Å². The van der Waals surface area contributed by atoms with Crippen LogP contribution in [0.1, 0.15) is 23.2 Å². The van der Waals surface area contributed by atoms with Crippen molar-refractivity contribution in [3.63, 3.8) is 0 Å². The third-order valence-electron chi connectivity index (χ3n) is 3.90. The van der Waals surface area contributed by atoms with Gasteiger partial charge in [0.1, 0.15) is 11.5 Å². The number of hydrogen-bond donors (Lipinski definition) is 2. The van der Waals surface area contributed by atoms with Gasteiger partial charge in [0.15, 0.2) is 0 Å². The highest BCUT2D eigenvalue weighted by molar-refractivity contribution is 5.42. The maximum absolute atomic E-state index is 5.52. The van der Waals surface area contributed by atoms with Crippen LogP contribution < -0.4 is 20.1 Å². The minimum Gasteiger partial charge on any atom is -0.496 e. The van der Waals surface area contributed by atoms with Crippen LogP contribution >= 0.6 is 0 Å². The minimum atomic E-state index is 0.0532. The number of hydrogen-bond acceptors (Lipinski definition) is 4. The second kappa shape index (κ2) is 7.82. The van der Waals surface area contributed by atoms with Gasteiger partial charge in [-0.3, -0.25) is 0 Å². The molecule has 2 aromatic rings. The average Bonchev–Trinajstić information content (AvgIpc) is 2.59. The Morgan fingerprint density at radius 2 is 1.05 bits per heavy atom. The normalized spacial score (nSPS) is 13.5. The lowest BCUT2D eigenvalue weighted by molar-refractivity contribution is 0.364. The Bertz CT molecular complexity index is 548. The van der Waals surface area contributed by atoms with Gasteiger partial charge in [0.25, 0.3) is 0 Å². The van der Waals surface area contributed by atoms with Crippen LogP contribution in [0.5, 0.6) is 11.5 Å². The molecular weight excluding hydrogens is 276 g/mol. The van der Waals surface area contributed by atoms with E-state index in [-0.39, 0.29) is 12.1 Å². The summed E-state index contributed by atoms with van der Waals surface area (Å²) in [4.78, 5) is 0. The summed E-state index contributed by atoms with van der Waals surface area (Å²) >= 11 is 0. The van der Waals surface area contributed by atoms with E-state index in [0.29, 0.717) is 0 Å². The van der Waals surface area contributed by atoms with E-state index in [1.165, 1.54) is 0 Å². The summed E-state index contributed by atoms with van der Waals surface area (Å²) in [5.41, 5.74) is 2.22. The Morgan fingerprint density at radius 1 is 0.682 bits per heavy atom. The maximum Gasteiger partial charge on any atom is 0.123 e. The smallest absolute Gasteiger partial charge is 0.123 e. The Hall–Kier alpha value is -2.04. The van der Waals surface area contributed by atoms with Gasteiger partial charge in [-0.05, 0) is 26.2 Å². The van der Waals surface area contributed by atoms with Crippen LogP contribution in [0.15, 0.2) is 48.5 Å². The third-order valence-corrected chi connectivity index (χ3v) is 3.90. The molecule has 0 radical (unpaired) electrons. The summed E-state index contributed by atoms with van der Waals surface area (Å²) in [6.07, 6.45) is 0. The van der Waals surface area contributed by atoms with Crippen molar-refractivity contribution < 1.29 is 9.47 Å². The average molecular weight is 300 g/mol. The number of rotatable bonds is 7. The van der Waals surface area contributed by atoms with Gasteiger partial charge < -0.3 is 20.1 Å². The number of nitrogens with one attached hydrogen (secondary N) is 2. The molecule has 0 aliphatic carbocycles. The second-order valence-electron chi connectivity index (χ2n) is 5.02. The first kappa shape index (κ1) is 16.3. The molecule has 2 rings (SSSR count). The Morgan fingerprint density at radius 3 is 1.36 bits per heavy atom. The third kappa shape index (κ3) is 3.24. The second-order valence-corrected chi connectivity index (χ2v) is 5.02. The van der Waals surface area contributed by atoms with Crippen LogP contribution in [0, 0.1) is 0 Å². The fourth-order valence-corrected chi connectivity index (χ4v) is 2.85. The zero-order valence-electron chi connectivity index (χ0n) is 13.6. The lowest BCUT2D eigenvalue weighted by Crippen LogP contribution is -2.32. The van der Waals surface area contributed by atoms with E-state index >= 15 is 0 Å². The van der Waals surface area contributed by atoms with Crippen LogP contribution in [-0.4, -0.2) is 28.3 Å². The standard InChI is InChI=1S/C18H24N2O2/c1-19-17(13-9-5-7-11-15(13)21-3)18(20-2)14-10-6-8-12-16(14)22-4/h5-12,17-20H,1-4H3/t17-,18-/m0/s1. The summed E-state index contributed by atoms with van der Waals surface area (Å²) in [6, 6.07) is 16.2. The topological polar surface area (TPSA) is 42.5 Å². The molecule has 118 valence electrons. The molecule has 2 aromatic carbocycles. The van der Waals surface area contributed by atoms with E-state index in [1.54, 1.807) is 14.2 Å². The van der Waals surface area contributed by atoms with Crippen molar-refractivity contribution in [1.82, 2.24) is 10.6 Å². The van der Waals surface area contributed by atoms with E-state index in [4.69, 9.17) is 9.47 Å². The van der Waals surface area contributed by atoms with Gasteiger partial charge in [0.2, 0.25) is 0 Å². The van der Waals surface area contributed by atoms with Crippen LogP contribution in [0.25, 0.3) is 0 Å². The van der Waals surface area contributed by atoms with E-state index in [0.717, 1.165) is 22.6 Å². The zero-order valence-corrected chi connectivity index (χ0v) is 13.6. The lowest BCUT2D eigenvalue weighted by Gasteiger charge is -2.29. The van der Waals surface area contributed by atoms with E-state index < -0.39 is 0 Å². The first-order valence-corrected chi connectivity index (χ1v) is 7.37. The Labute approximate surface area is 132 Å². The summed E-state index contributed by atoms with van der Waals surface area (Å²) in [7, 11) is 7.31. The van der Waals surface area contributed by atoms with Gasteiger partial charge in [-0.1, -0.05) is 36.4 Å². The van der Waals surface area contributed by atoms with E-state index in [1.807, 2.05) is 50.5 Å². The van der Waals surface area contributed by atoms with Gasteiger partial charge >= 0.3 is 0 Å². The molecule has 0 aromatic heterocycles. The molecule has 0 spiro atoms. The predicted molar refractivity (Wildman–Crippen MR) is 89.6 cm³/mol. The first-order valence-electron chi connectivity index (χ1n) is 7.37. The quantitative estimate of drug-likeness (QED) is 0.825. The Kier molecular flexibility index (Phi) is 5.81. The molecule has 22 heavy (non-hydrogen) atoms. The monoisotopic (exact) mass is 300 g/mol. The summed E-state index contributed by atoms with van der Waals surface area (Å²) in [5, 5.41) is 6.79. The van der Waals surface area contributed by atoms with Crippen LogP contribution in [0.4, 0.5) is 0 Å². The summed E-state index contributed by atoms with van der Waals surface area (Å²) < 4.78 is 11.0. The van der Waals surface area contributed by atoms with Crippen molar-refractivity contribution in [2.24, 2.45) is 0 Å². The molecule has 0 aliphatic heterocycles. The van der Waals surface area contributed by atoms with Crippen molar-refractivity contribution in [1.29, 1.82) is 0 Å². The minimum absolute atomic E-state index is 0.0532. The van der Waals surface area contributed by atoms with Crippen molar-refractivity contribution in [3.8, 4) is 11.5 Å². The van der Waals surface area contributed by atoms with Crippen molar-refractivity contribution in [3.05, 3.63) is 59.7 Å². The van der Waals surface area contributed by atoms with Crippen molar-refractivity contribution >= 4 is 0 Å². The molecule has 0 amide bonds. The van der Waals surface area contributed by atoms with Crippen LogP contribution in [0.3, 0.4) is 0 Å². The van der Waals surface area contributed by atoms with Crippen molar-refractivity contribution in [2.45, 2.75) is 12.1 Å². The molecule has 2 N–H and O–H groups in total. The van der Waals surface area contributed by atoms with E-state index in [2.05, 4.69) is 22.8 Å². The highest BCUT2D eigenvalue weighted by Gasteiger charge is 2.26. The largest absolute Gasteiger partial charge is 0.496 e. The molecule has 0 unspecified atom stereocenters. The maximum atomic E-state index is 5.52. The van der Waals surface area contributed by atoms with Gasteiger partial charge in [-0.15, -0.1) is 0 Å². The van der Waals surface area contributed by atoms with E-state index in [9.17, 15) is 0 Å². The van der Waals surface area contributed by atoms with Crippen LogP contribution in [0.2, 0.25) is 0 Å². The molecule has 0 saturated carbocycles. The molecule has 2 atom stereocenters. The fraction of sp³-hybridized carbons (Fsp3) is 0.333. The molecule has 0 fully saturated rings. The molecule has 4 heteroatoms. The molecule has 0 aliphatic rings. The number of likely N-dealkylation sites (N-methyl/N-ethyl adjacent to an activating group) is 2. The number of methoxy groups -OCH3 is 2. The Balaban J connectivity index is 2.47. The number of ether oxygens (including phenoxy) is 2. The zero-order chi connectivity index (χ0) is 15.9. The van der Waals surface area contributed by atoms with Crippen LogP contribution in [-0.2, 0) is 0 Å². The highest BCUT2D eigenvalue weighted by atomic mass is 16.5. The molecule has 4 nitrogen and oxygen atoms in total. The fourth-order valence-electron chi connectivity index (χ4n) is 2.85. The predicted octanol–water partition coefficient (Wildman–Crippen LogP) is 2.93. The molecule has 0 saturated heterocycles. The molecule has 0 heterocycles. The molecular formula is C18H24N2O2. The highest BCUT2D eigenvalue weighted by Crippen LogP contribution is 2.37. The van der Waals surface area contributed by atoms with Gasteiger partial charge in [0, 0.05) is 11.1 Å². The number of benzene rings is 2. The SMILES string of the molecule is CN[C@@H](c1ccccc1OC)[C@@H](NC)c1ccccc1OC. The summed E-state index contributed by atoms with van der Waals surface area (Å²) in [6.45, 7) is 0. The van der Waals surface area contributed by atoms with Gasteiger partial charge in [-0.25, -0.2) is 0 Å². The first-order chi connectivity index (χ1) is 10.8. The van der Waals surface area contributed by atoms with Gasteiger partial charge in [-0.2, -0.15) is 0 Å². The van der Waals surface area contributed by atoms with Gasteiger partial charge in [0.05, 0.1) is 26.3 Å².